The highest BCUT2D eigenvalue weighted by atomic mass is 16.4. The van der Waals surface area contributed by atoms with Crippen molar-refractivity contribution >= 4 is 17.3 Å². The standard InChI is InChI=1S/C16H22N2O2/c1-11-6-8-13(9-7-11)16(19)17-15-5-3-4-14(10-15)12(2)18-20/h3-5,10-11,13,20H,6-9H2,1-2H3,(H,17,19)/b18-12+. The number of hydrogen-bond acceptors (Lipinski definition) is 3. The first kappa shape index (κ1) is 14.6. The van der Waals surface area contributed by atoms with Gasteiger partial charge in [-0.3, -0.25) is 4.79 Å². The fraction of sp³-hybridized carbons (Fsp3) is 0.500. The molecule has 1 aromatic rings. The first-order chi connectivity index (χ1) is 9.60. The van der Waals surface area contributed by atoms with Crippen molar-refractivity contribution in [3.05, 3.63) is 29.8 Å². The number of carbonyl (C=O) groups excluding carboxylic acids is 1. The smallest absolute Gasteiger partial charge is 0.227 e. The Morgan fingerprint density at radius 2 is 2.00 bits per heavy atom. The molecule has 0 saturated heterocycles. The zero-order chi connectivity index (χ0) is 14.5. The average molecular weight is 274 g/mol. The zero-order valence-corrected chi connectivity index (χ0v) is 12.1. The van der Waals surface area contributed by atoms with Gasteiger partial charge in [0.25, 0.3) is 0 Å². The Hall–Kier alpha value is -1.84. The Balaban J connectivity index is 2.01. The number of nitrogens with one attached hydrogen (secondary N) is 1. The zero-order valence-electron chi connectivity index (χ0n) is 12.1. The van der Waals surface area contributed by atoms with Crippen molar-refractivity contribution in [1.82, 2.24) is 0 Å². The number of carbonyl (C=O) groups is 1. The molecule has 1 amide bonds. The molecule has 4 nitrogen and oxygen atoms in total. The van der Waals surface area contributed by atoms with E-state index in [0.717, 1.165) is 42.9 Å². The molecule has 0 aromatic heterocycles. The number of hydrogen-bond donors (Lipinski definition) is 2. The van der Waals surface area contributed by atoms with Gasteiger partial charge in [-0.25, -0.2) is 0 Å². The first-order valence-electron chi connectivity index (χ1n) is 7.20. The van der Waals surface area contributed by atoms with Crippen molar-refractivity contribution in [2.24, 2.45) is 17.0 Å². The molecule has 0 atom stereocenters. The van der Waals surface area contributed by atoms with Crippen molar-refractivity contribution in [3.8, 4) is 0 Å². The molecule has 1 saturated carbocycles. The molecule has 2 rings (SSSR count). The van der Waals surface area contributed by atoms with Crippen molar-refractivity contribution in [2.75, 3.05) is 5.32 Å². The topological polar surface area (TPSA) is 61.7 Å². The molecule has 1 aliphatic rings. The summed E-state index contributed by atoms with van der Waals surface area (Å²) in [4.78, 5) is 12.2. The summed E-state index contributed by atoms with van der Waals surface area (Å²) in [6.07, 6.45) is 4.22. The number of amides is 1. The Morgan fingerprint density at radius 1 is 1.30 bits per heavy atom. The van der Waals surface area contributed by atoms with Gasteiger partial charge in [0.1, 0.15) is 0 Å². The summed E-state index contributed by atoms with van der Waals surface area (Å²) in [5.41, 5.74) is 2.10. The van der Waals surface area contributed by atoms with Crippen LogP contribution in [0, 0.1) is 11.8 Å². The molecule has 0 aliphatic heterocycles. The van der Waals surface area contributed by atoms with Crippen LogP contribution >= 0.6 is 0 Å². The van der Waals surface area contributed by atoms with Gasteiger partial charge in [-0.05, 0) is 50.7 Å². The van der Waals surface area contributed by atoms with Gasteiger partial charge in [-0.1, -0.05) is 24.2 Å². The molecular weight excluding hydrogens is 252 g/mol. The summed E-state index contributed by atoms with van der Waals surface area (Å²) in [5.74, 6) is 0.973. The van der Waals surface area contributed by atoms with E-state index in [1.54, 1.807) is 6.92 Å². The number of rotatable bonds is 3. The number of anilines is 1. The van der Waals surface area contributed by atoms with E-state index < -0.39 is 0 Å². The second-order valence-corrected chi connectivity index (χ2v) is 5.71. The lowest BCUT2D eigenvalue weighted by Crippen LogP contribution is -2.26. The van der Waals surface area contributed by atoms with Crippen molar-refractivity contribution in [3.63, 3.8) is 0 Å². The Bertz CT molecular complexity index is 503. The molecule has 0 unspecified atom stereocenters. The summed E-state index contributed by atoms with van der Waals surface area (Å²) in [6, 6.07) is 7.39. The molecular formula is C16H22N2O2. The van der Waals surface area contributed by atoms with Gasteiger partial charge in [0, 0.05) is 17.2 Å². The lowest BCUT2D eigenvalue weighted by Gasteiger charge is -2.25. The van der Waals surface area contributed by atoms with Crippen molar-refractivity contribution in [1.29, 1.82) is 0 Å². The lowest BCUT2D eigenvalue weighted by molar-refractivity contribution is -0.121. The highest BCUT2D eigenvalue weighted by molar-refractivity contribution is 6.00. The molecule has 0 radical (unpaired) electrons. The van der Waals surface area contributed by atoms with E-state index in [1.165, 1.54) is 0 Å². The number of oxime groups is 1. The number of benzene rings is 1. The summed E-state index contributed by atoms with van der Waals surface area (Å²) in [6.45, 7) is 3.97. The van der Waals surface area contributed by atoms with Crippen LogP contribution in [0.25, 0.3) is 0 Å². The number of nitrogens with zero attached hydrogens (tertiary/aromatic N) is 1. The van der Waals surface area contributed by atoms with Crippen LogP contribution in [0.2, 0.25) is 0 Å². The van der Waals surface area contributed by atoms with Crippen molar-refractivity contribution in [2.45, 2.75) is 39.5 Å². The van der Waals surface area contributed by atoms with Crippen LogP contribution in [-0.2, 0) is 4.79 Å². The SMILES string of the molecule is C/C(=N\O)c1cccc(NC(=O)C2CCC(C)CC2)c1. The summed E-state index contributed by atoms with van der Waals surface area (Å²) in [7, 11) is 0. The van der Waals surface area contributed by atoms with E-state index >= 15 is 0 Å². The Morgan fingerprint density at radius 3 is 2.65 bits per heavy atom. The van der Waals surface area contributed by atoms with Gasteiger partial charge in [0.15, 0.2) is 0 Å². The van der Waals surface area contributed by atoms with Gasteiger partial charge in [-0.2, -0.15) is 0 Å². The minimum absolute atomic E-state index is 0.104. The van der Waals surface area contributed by atoms with Gasteiger partial charge in [-0.15, -0.1) is 0 Å². The van der Waals surface area contributed by atoms with E-state index in [0.29, 0.717) is 5.71 Å². The first-order valence-corrected chi connectivity index (χ1v) is 7.20. The third-order valence-corrected chi connectivity index (χ3v) is 4.08. The molecule has 2 N–H and O–H groups in total. The van der Waals surface area contributed by atoms with E-state index in [4.69, 9.17) is 5.21 Å². The molecule has 1 aromatic carbocycles. The van der Waals surface area contributed by atoms with Gasteiger partial charge >= 0.3 is 0 Å². The van der Waals surface area contributed by atoms with Crippen LogP contribution in [-0.4, -0.2) is 16.8 Å². The second-order valence-electron chi connectivity index (χ2n) is 5.71. The largest absolute Gasteiger partial charge is 0.411 e. The summed E-state index contributed by atoms with van der Waals surface area (Å²) < 4.78 is 0. The monoisotopic (exact) mass is 274 g/mol. The van der Waals surface area contributed by atoms with Gasteiger partial charge in [0.2, 0.25) is 5.91 Å². The van der Waals surface area contributed by atoms with Gasteiger partial charge < -0.3 is 10.5 Å². The molecule has 0 heterocycles. The van der Waals surface area contributed by atoms with Gasteiger partial charge in [0.05, 0.1) is 5.71 Å². The lowest BCUT2D eigenvalue weighted by atomic mass is 9.82. The summed E-state index contributed by atoms with van der Waals surface area (Å²) >= 11 is 0. The quantitative estimate of drug-likeness (QED) is 0.502. The Labute approximate surface area is 119 Å². The molecule has 108 valence electrons. The van der Waals surface area contributed by atoms with Crippen molar-refractivity contribution < 1.29 is 10.0 Å². The highest BCUT2D eigenvalue weighted by Crippen LogP contribution is 2.29. The maximum absolute atomic E-state index is 12.2. The molecule has 20 heavy (non-hydrogen) atoms. The maximum Gasteiger partial charge on any atom is 0.227 e. The fourth-order valence-electron chi connectivity index (χ4n) is 2.65. The maximum atomic E-state index is 12.2. The van der Waals surface area contributed by atoms with E-state index in [2.05, 4.69) is 17.4 Å². The summed E-state index contributed by atoms with van der Waals surface area (Å²) in [5, 5.41) is 14.9. The van der Waals surface area contributed by atoms with Crippen LogP contribution in [0.15, 0.2) is 29.4 Å². The third-order valence-electron chi connectivity index (χ3n) is 4.08. The average Bonchev–Trinajstić information content (AvgIpc) is 2.47. The molecule has 1 aliphatic carbocycles. The predicted octanol–water partition coefficient (Wildman–Crippen LogP) is 3.65. The Kier molecular flexibility index (Phi) is 4.77. The predicted molar refractivity (Wildman–Crippen MR) is 80.2 cm³/mol. The van der Waals surface area contributed by atoms with E-state index in [9.17, 15) is 4.79 Å². The molecule has 0 bridgehead atoms. The van der Waals surface area contributed by atoms with Crippen LogP contribution in [0.5, 0.6) is 0 Å². The molecule has 4 heteroatoms. The van der Waals surface area contributed by atoms with Crippen LogP contribution in [0.4, 0.5) is 5.69 Å². The fourth-order valence-corrected chi connectivity index (χ4v) is 2.65. The minimum atomic E-state index is 0.104. The third kappa shape index (κ3) is 3.59. The van der Waals surface area contributed by atoms with E-state index in [-0.39, 0.29) is 11.8 Å². The van der Waals surface area contributed by atoms with E-state index in [1.807, 2.05) is 24.3 Å². The molecule has 1 fully saturated rings. The second kappa shape index (κ2) is 6.55. The van der Waals surface area contributed by atoms with Crippen LogP contribution in [0.1, 0.15) is 45.1 Å². The highest BCUT2D eigenvalue weighted by Gasteiger charge is 2.24. The molecule has 0 spiro atoms. The van der Waals surface area contributed by atoms with Crippen LogP contribution in [0.3, 0.4) is 0 Å². The van der Waals surface area contributed by atoms with Crippen LogP contribution < -0.4 is 5.32 Å². The minimum Gasteiger partial charge on any atom is -0.411 e. The normalized spacial score (nSPS) is 23.4.